The number of amides is 1. The van der Waals surface area contributed by atoms with E-state index in [1.807, 2.05) is 18.0 Å². The number of likely N-dealkylation sites (tertiary alicyclic amines) is 1. The Morgan fingerprint density at radius 1 is 1.59 bits per heavy atom. The lowest BCUT2D eigenvalue weighted by Crippen LogP contribution is -2.29. The molecule has 4 heteroatoms. The number of hydrogen-bond donors (Lipinski definition) is 1. The molecule has 0 spiro atoms. The van der Waals surface area contributed by atoms with E-state index >= 15 is 0 Å². The Morgan fingerprint density at radius 2 is 2.41 bits per heavy atom. The number of nitrogens with zero attached hydrogens (tertiary/aromatic N) is 1. The van der Waals surface area contributed by atoms with Gasteiger partial charge in [-0.3, -0.25) is 4.79 Å². The number of nitrogens with one attached hydrogen (secondary N) is 1. The standard InChI is InChI=1S/C13H20N2OS/c1-3-11-4-5-12(17-11)13(16)15-7-6-10(9-15)8-14-2/h4-5,10,14H,3,6-9H2,1-2H3. The van der Waals surface area contributed by atoms with E-state index in [0.717, 1.165) is 37.4 Å². The Labute approximate surface area is 107 Å². The van der Waals surface area contributed by atoms with Crippen molar-refractivity contribution in [2.45, 2.75) is 19.8 Å². The minimum absolute atomic E-state index is 0.216. The fourth-order valence-electron chi connectivity index (χ4n) is 2.31. The van der Waals surface area contributed by atoms with E-state index in [-0.39, 0.29) is 5.91 Å². The van der Waals surface area contributed by atoms with Crippen LogP contribution in [0.1, 0.15) is 27.9 Å². The van der Waals surface area contributed by atoms with Gasteiger partial charge < -0.3 is 10.2 Å². The molecule has 0 saturated carbocycles. The fraction of sp³-hybridized carbons (Fsp3) is 0.615. The number of hydrogen-bond acceptors (Lipinski definition) is 3. The number of aryl methyl sites for hydroxylation is 1. The molecule has 2 heterocycles. The van der Waals surface area contributed by atoms with E-state index in [1.54, 1.807) is 11.3 Å². The first kappa shape index (κ1) is 12.6. The van der Waals surface area contributed by atoms with Gasteiger partial charge in [0.1, 0.15) is 0 Å². The molecule has 1 fully saturated rings. The SMILES string of the molecule is CCc1ccc(C(=O)N2CCC(CNC)C2)s1. The second-order valence-corrected chi connectivity index (χ2v) is 5.75. The minimum Gasteiger partial charge on any atom is -0.338 e. The summed E-state index contributed by atoms with van der Waals surface area (Å²) in [4.78, 5) is 16.4. The summed E-state index contributed by atoms with van der Waals surface area (Å²) in [6.45, 7) is 4.94. The van der Waals surface area contributed by atoms with Gasteiger partial charge in [-0.1, -0.05) is 6.92 Å². The van der Waals surface area contributed by atoms with Crippen molar-refractivity contribution >= 4 is 17.2 Å². The number of rotatable bonds is 4. The maximum absolute atomic E-state index is 12.2. The predicted molar refractivity (Wildman–Crippen MR) is 71.6 cm³/mol. The molecule has 0 aliphatic carbocycles. The van der Waals surface area contributed by atoms with Crippen LogP contribution >= 0.6 is 11.3 Å². The smallest absolute Gasteiger partial charge is 0.263 e. The fourth-order valence-corrected chi connectivity index (χ4v) is 3.23. The van der Waals surface area contributed by atoms with Crippen LogP contribution in [0.25, 0.3) is 0 Å². The van der Waals surface area contributed by atoms with Crippen LogP contribution in [0.3, 0.4) is 0 Å². The van der Waals surface area contributed by atoms with E-state index in [9.17, 15) is 4.79 Å². The second-order valence-electron chi connectivity index (χ2n) is 4.58. The van der Waals surface area contributed by atoms with Gasteiger partial charge in [-0.05, 0) is 44.5 Å². The van der Waals surface area contributed by atoms with E-state index in [4.69, 9.17) is 0 Å². The average molecular weight is 252 g/mol. The summed E-state index contributed by atoms with van der Waals surface area (Å²) in [5.74, 6) is 0.836. The quantitative estimate of drug-likeness (QED) is 0.889. The highest BCUT2D eigenvalue weighted by Gasteiger charge is 2.26. The lowest BCUT2D eigenvalue weighted by Gasteiger charge is -2.15. The molecule has 94 valence electrons. The second kappa shape index (κ2) is 5.65. The van der Waals surface area contributed by atoms with Crippen molar-refractivity contribution in [3.63, 3.8) is 0 Å². The first-order valence-corrected chi connectivity index (χ1v) is 7.08. The molecule has 17 heavy (non-hydrogen) atoms. The minimum atomic E-state index is 0.216. The Hall–Kier alpha value is -0.870. The van der Waals surface area contributed by atoms with E-state index in [2.05, 4.69) is 18.3 Å². The van der Waals surface area contributed by atoms with Gasteiger partial charge in [-0.15, -0.1) is 11.3 Å². The summed E-state index contributed by atoms with van der Waals surface area (Å²) in [5.41, 5.74) is 0. The molecule has 3 nitrogen and oxygen atoms in total. The highest BCUT2D eigenvalue weighted by molar-refractivity contribution is 7.14. The van der Waals surface area contributed by atoms with E-state index in [0.29, 0.717) is 5.92 Å². The molecule has 1 aliphatic heterocycles. The molecule has 1 aliphatic rings. The third-order valence-electron chi connectivity index (χ3n) is 3.29. The highest BCUT2D eigenvalue weighted by atomic mass is 32.1. The topological polar surface area (TPSA) is 32.3 Å². The van der Waals surface area contributed by atoms with Crippen LogP contribution in [0, 0.1) is 5.92 Å². The van der Waals surface area contributed by atoms with Gasteiger partial charge >= 0.3 is 0 Å². The van der Waals surface area contributed by atoms with E-state index in [1.165, 1.54) is 4.88 Å². The summed E-state index contributed by atoms with van der Waals surface area (Å²) < 4.78 is 0. The maximum Gasteiger partial charge on any atom is 0.263 e. The number of thiophene rings is 1. The number of carbonyl (C=O) groups excluding carboxylic acids is 1. The van der Waals surface area contributed by atoms with Crippen molar-refractivity contribution in [1.82, 2.24) is 10.2 Å². The van der Waals surface area contributed by atoms with Crippen molar-refractivity contribution in [1.29, 1.82) is 0 Å². The zero-order chi connectivity index (χ0) is 12.3. The molecule has 1 saturated heterocycles. The molecule has 0 radical (unpaired) electrons. The van der Waals surface area contributed by atoms with Gasteiger partial charge in [-0.25, -0.2) is 0 Å². The summed E-state index contributed by atoms with van der Waals surface area (Å²) >= 11 is 1.64. The van der Waals surface area contributed by atoms with Gasteiger partial charge in [0.2, 0.25) is 0 Å². The maximum atomic E-state index is 12.2. The molecule has 1 aromatic heterocycles. The highest BCUT2D eigenvalue weighted by Crippen LogP contribution is 2.22. The summed E-state index contributed by atoms with van der Waals surface area (Å²) in [6, 6.07) is 4.04. The Bertz CT molecular complexity index is 389. The summed E-state index contributed by atoms with van der Waals surface area (Å²) in [5, 5.41) is 3.19. The zero-order valence-electron chi connectivity index (χ0n) is 10.5. The third-order valence-corrected chi connectivity index (χ3v) is 4.50. The van der Waals surface area contributed by atoms with E-state index < -0.39 is 0 Å². The van der Waals surface area contributed by atoms with Gasteiger partial charge in [0.05, 0.1) is 4.88 Å². The molecule has 1 unspecified atom stereocenters. The Kier molecular flexibility index (Phi) is 4.18. The van der Waals surface area contributed by atoms with Gasteiger partial charge in [0.25, 0.3) is 5.91 Å². The van der Waals surface area contributed by atoms with Crippen molar-refractivity contribution in [3.8, 4) is 0 Å². The van der Waals surface area contributed by atoms with Crippen molar-refractivity contribution in [3.05, 3.63) is 21.9 Å². The molecular formula is C13H20N2OS. The number of carbonyl (C=O) groups is 1. The molecule has 1 N–H and O–H groups in total. The molecule has 2 rings (SSSR count). The average Bonchev–Trinajstić information content (AvgIpc) is 2.97. The van der Waals surface area contributed by atoms with Crippen molar-refractivity contribution in [2.75, 3.05) is 26.7 Å². The summed E-state index contributed by atoms with van der Waals surface area (Å²) in [6.07, 6.45) is 2.14. The monoisotopic (exact) mass is 252 g/mol. The molecular weight excluding hydrogens is 232 g/mol. The molecule has 0 bridgehead atoms. The first-order chi connectivity index (χ1) is 8.24. The van der Waals surface area contributed by atoms with Gasteiger partial charge in [0.15, 0.2) is 0 Å². The zero-order valence-corrected chi connectivity index (χ0v) is 11.3. The molecule has 1 atom stereocenters. The lowest BCUT2D eigenvalue weighted by molar-refractivity contribution is 0.0792. The Balaban J connectivity index is 1.96. The van der Waals surface area contributed by atoms with Crippen LogP contribution < -0.4 is 5.32 Å². The molecule has 1 amide bonds. The van der Waals surface area contributed by atoms with Crippen LogP contribution in [0.15, 0.2) is 12.1 Å². The normalized spacial score (nSPS) is 19.9. The van der Waals surface area contributed by atoms with Crippen LogP contribution in [0.4, 0.5) is 0 Å². The van der Waals surface area contributed by atoms with Crippen molar-refractivity contribution in [2.24, 2.45) is 5.92 Å². The van der Waals surface area contributed by atoms with Crippen LogP contribution in [0.5, 0.6) is 0 Å². The molecule has 1 aromatic rings. The lowest BCUT2D eigenvalue weighted by atomic mass is 10.1. The van der Waals surface area contributed by atoms with Crippen LogP contribution in [0.2, 0.25) is 0 Å². The Morgan fingerprint density at radius 3 is 3.06 bits per heavy atom. The van der Waals surface area contributed by atoms with Crippen LogP contribution in [-0.4, -0.2) is 37.5 Å². The summed E-state index contributed by atoms with van der Waals surface area (Å²) in [7, 11) is 1.97. The predicted octanol–water partition coefficient (Wildman–Crippen LogP) is 1.99. The molecule has 0 aromatic carbocycles. The van der Waals surface area contributed by atoms with Crippen molar-refractivity contribution < 1.29 is 4.79 Å². The van der Waals surface area contributed by atoms with Gasteiger partial charge in [0, 0.05) is 18.0 Å². The van der Waals surface area contributed by atoms with Crippen LogP contribution in [-0.2, 0) is 6.42 Å². The third kappa shape index (κ3) is 2.87. The first-order valence-electron chi connectivity index (χ1n) is 6.27. The van der Waals surface area contributed by atoms with Gasteiger partial charge in [-0.2, -0.15) is 0 Å². The largest absolute Gasteiger partial charge is 0.338 e.